The van der Waals surface area contributed by atoms with Crippen molar-refractivity contribution in [3.05, 3.63) is 83.6 Å². The number of nitrogens with one attached hydrogen (secondary N) is 2. The smallest absolute Gasteiger partial charge is 0.255 e. The van der Waals surface area contributed by atoms with E-state index in [1.807, 2.05) is 6.20 Å². The van der Waals surface area contributed by atoms with Crippen LogP contribution < -0.4 is 15.5 Å². The number of carbonyl (C=O) groups is 4. The maximum atomic E-state index is 13.0. The Hall–Kier alpha value is -4.57. The van der Waals surface area contributed by atoms with Gasteiger partial charge < -0.3 is 15.1 Å². The average molecular weight is 594 g/mol. The van der Waals surface area contributed by atoms with Gasteiger partial charge in [0.25, 0.3) is 11.8 Å². The summed E-state index contributed by atoms with van der Waals surface area (Å²) >= 11 is 1.72. The van der Waals surface area contributed by atoms with Crippen molar-refractivity contribution < 1.29 is 19.2 Å². The summed E-state index contributed by atoms with van der Waals surface area (Å²) in [7, 11) is 0. The highest BCUT2D eigenvalue weighted by molar-refractivity contribution is 7.19. The van der Waals surface area contributed by atoms with E-state index in [0.29, 0.717) is 30.0 Å². The van der Waals surface area contributed by atoms with Gasteiger partial charge in [-0.15, -0.1) is 0 Å². The molecule has 2 N–H and O–H groups in total. The van der Waals surface area contributed by atoms with Gasteiger partial charge in [-0.25, -0.2) is 4.98 Å². The van der Waals surface area contributed by atoms with Crippen molar-refractivity contribution in [2.45, 2.75) is 38.3 Å². The molecule has 4 amide bonds. The molecule has 0 bridgehead atoms. The Bertz CT molecular complexity index is 1750. The number of anilines is 1. The van der Waals surface area contributed by atoms with E-state index in [9.17, 15) is 19.2 Å². The Balaban J connectivity index is 0.932. The Morgan fingerprint density at radius 3 is 2.63 bits per heavy atom. The number of hydrogen-bond acceptors (Lipinski definition) is 7. The molecular weight excluding hydrogens is 562 g/mol. The number of rotatable bonds is 6. The standard InChI is InChI=1S/C33H31N5O4S/c39-29-11-10-27(31(41)36-29)38-19-23-16-22(8-9-25(23)32(38)42)30(40)34-17-20-12-14-37(15-13-20)33-35-18-28(43-33)26-7-3-5-21-4-1-2-6-24(21)26/h1-9,16,18,20,27H,10-15,17,19H2,(H,34,40)(H,36,39,41). The molecule has 43 heavy (non-hydrogen) atoms. The summed E-state index contributed by atoms with van der Waals surface area (Å²) in [6.45, 7) is 2.61. The molecule has 9 nitrogen and oxygen atoms in total. The number of nitrogens with zero attached hydrogens (tertiary/aromatic N) is 3. The zero-order valence-electron chi connectivity index (χ0n) is 23.5. The number of hydrogen-bond donors (Lipinski definition) is 2. The van der Waals surface area contributed by atoms with Gasteiger partial charge in [-0.2, -0.15) is 0 Å². The summed E-state index contributed by atoms with van der Waals surface area (Å²) in [5.41, 5.74) is 2.93. The maximum Gasteiger partial charge on any atom is 0.255 e. The van der Waals surface area contributed by atoms with Crippen LogP contribution in [0.15, 0.2) is 66.9 Å². The van der Waals surface area contributed by atoms with Gasteiger partial charge in [0, 0.05) is 55.5 Å². The van der Waals surface area contributed by atoms with Crippen molar-refractivity contribution >= 4 is 50.9 Å². The average Bonchev–Trinajstić information content (AvgIpc) is 3.65. The molecule has 2 fully saturated rings. The second-order valence-corrected chi connectivity index (χ2v) is 12.5. The summed E-state index contributed by atoms with van der Waals surface area (Å²) in [5.74, 6) is -0.799. The number of fused-ring (bicyclic) bond motifs is 2. The lowest BCUT2D eigenvalue weighted by Crippen LogP contribution is -2.52. The third-order valence-corrected chi connectivity index (χ3v) is 9.86. The van der Waals surface area contributed by atoms with Gasteiger partial charge in [-0.1, -0.05) is 53.8 Å². The van der Waals surface area contributed by atoms with Crippen molar-refractivity contribution in [2.24, 2.45) is 5.92 Å². The molecule has 0 radical (unpaired) electrons. The van der Waals surface area contributed by atoms with Crippen LogP contribution in [0.25, 0.3) is 21.2 Å². The molecule has 0 saturated carbocycles. The molecule has 2 saturated heterocycles. The minimum absolute atomic E-state index is 0.170. The van der Waals surface area contributed by atoms with Gasteiger partial charge in [-0.3, -0.25) is 24.5 Å². The van der Waals surface area contributed by atoms with Crippen molar-refractivity contribution in [3.63, 3.8) is 0 Å². The number of piperidine rings is 2. The van der Waals surface area contributed by atoms with E-state index in [-0.39, 0.29) is 30.7 Å². The molecule has 218 valence electrons. The molecule has 10 heteroatoms. The van der Waals surface area contributed by atoms with E-state index in [0.717, 1.165) is 41.5 Å². The predicted octanol–water partition coefficient (Wildman–Crippen LogP) is 4.37. The highest BCUT2D eigenvalue weighted by Gasteiger charge is 2.39. The molecule has 7 rings (SSSR count). The molecule has 3 aromatic carbocycles. The van der Waals surface area contributed by atoms with E-state index < -0.39 is 11.9 Å². The van der Waals surface area contributed by atoms with Crippen LogP contribution >= 0.6 is 11.3 Å². The third kappa shape index (κ3) is 5.27. The lowest BCUT2D eigenvalue weighted by atomic mass is 9.97. The van der Waals surface area contributed by atoms with E-state index in [1.165, 1.54) is 21.2 Å². The monoisotopic (exact) mass is 593 g/mol. The van der Waals surface area contributed by atoms with E-state index in [4.69, 9.17) is 4.98 Å². The highest BCUT2D eigenvalue weighted by atomic mass is 32.1. The Morgan fingerprint density at radius 2 is 1.79 bits per heavy atom. The molecule has 1 aromatic heterocycles. The first-order chi connectivity index (χ1) is 20.9. The fourth-order valence-corrected chi connectivity index (χ4v) is 7.37. The SMILES string of the molecule is O=C1CCC(N2Cc3cc(C(=O)NCC4CCN(c5ncc(-c6cccc7ccccc67)s5)CC4)ccc3C2=O)C(=O)N1. The first-order valence-corrected chi connectivity index (χ1v) is 15.5. The topological polar surface area (TPSA) is 112 Å². The fraction of sp³-hybridized carbons (Fsp3) is 0.303. The van der Waals surface area contributed by atoms with Crippen LogP contribution in [-0.4, -0.2) is 59.2 Å². The van der Waals surface area contributed by atoms with Crippen molar-refractivity contribution in [1.82, 2.24) is 20.5 Å². The lowest BCUT2D eigenvalue weighted by molar-refractivity contribution is -0.136. The molecule has 0 aliphatic carbocycles. The minimum atomic E-state index is -0.671. The van der Waals surface area contributed by atoms with Crippen LogP contribution in [-0.2, 0) is 16.1 Å². The molecule has 3 aliphatic rings. The molecular formula is C33H31N5O4S. The van der Waals surface area contributed by atoms with Crippen LogP contribution in [0, 0.1) is 5.92 Å². The van der Waals surface area contributed by atoms with Gasteiger partial charge in [0.05, 0.1) is 4.88 Å². The molecule has 1 unspecified atom stereocenters. The largest absolute Gasteiger partial charge is 0.352 e. The van der Waals surface area contributed by atoms with Crippen LogP contribution in [0.2, 0.25) is 0 Å². The zero-order valence-corrected chi connectivity index (χ0v) is 24.4. The second-order valence-electron chi connectivity index (χ2n) is 11.4. The Kier molecular flexibility index (Phi) is 7.14. The van der Waals surface area contributed by atoms with Crippen molar-refractivity contribution in [1.29, 1.82) is 0 Å². The van der Waals surface area contributed by atoms with E-state index in [2.05, 4.69) is 58.0 Å². The summed E-state index contributed by atoms with van der Waals surface area (Å²) in [6.07, 6.45) is 4.41. The number of amides is 4. The summed E-state index contributed by atoms with van der Waals surface area (Å²) in [4.78, 5) is 59.5. The van der Waals surface area contributed by atoms with Crippen molar-refractivity contribution in [2.75, 3.05) is 24.5 Å². The first-order valence-electron chi connectivity index (χ1n) is 14.7. The maximum absolute atomic E-state index is 13.0. The van der Waals surface area contributed by atoms with Gasteiger partial charge in [0.2, 0.25) is 11.8 Å². The van der Waals surface area contributed by atoms with Crippen LogP contribution in [0.4, 0.5) is 5.13 Å². The van der Waals surface area contributed by atoms with Crippen LogP contribution in [0.5, 0.6) is 0 Å². The van der Waals surface area contributed by atoms with Crippen LogP contribution in [0.3, 0.4) is 0 Å². The summed E-state index contributed by atoms with van der Waals surface area (Å²) in [5, 5.41) is 8.89. The highest BCUT2D eigenvalue weighted by Crippen LogP contribution is 2.36. The second kappa shape index (κ2) is 11.3. The fourth-order valence-electron chi connectivity index (χ4n) is 6.36. The van der Waals surface area contributed by atoms with Gasteiger partial charge >= 0.3 is 0 Å². The van der Waals surface area contributed by atoms with Crippen molar-refractivity contribution in [3.8, 4) is 10.4 Å². The van der Waals surface area contributed by atoms with Crippen LogP contribution in [0.1, 0.15) is 52.0 Å². The van der Waals surface area contributed by atoms with Gasteiger partial charge in [0.1, 0.15) is 6.04 Å². The lowest BCUT2D eigenvalue weighted by Gasteiger charge is -2.31. The number of aromatic nitrogens is 1. The summed E-state index contributed by atoms with van der Waals surface area (Å²) < 4.78 is 0. The Labute approximate surface area is 252 Å². The molecule has 0 spiro atoms. The quantitative estimate of drug-likeness (QED) is 0.321. The molecule has 4 aromatic rings. The predicted molar refractivity (Wildman–Crippen MR) is 165 cm³/mol. The third-order valence-electron chi connectivity index (χ3n) is 8.77. The minimum Gasteiger partial charge on any atom is -0.352 e. The molecule has 3 aliphatic heterocycles. The first kappa shape index (κ1) is 27.3. The zero-order chi connectivity index (χ0) is 29.5. The van der Waals surface area contributed by atoms with Gasteiger partial charge in [-0.05, 0) is 59.7 Å². The molecule has 1 atom stereocenters. The number of thiazole rings is 1. The van der Waals surface area contributed by atoms with E-state index in [1.54, 1.807) is 29.5 Å². The normalized spacial score (nSPS) is 19.1. The van der Waals surface area contributed by atoms with Gasteiger partial charge in [0.15, 0.2) is 5.13 Å². The summed E-state index contributed by atoms with van der Waals surface area (Å²) in [6, 6.07) is 19.2. The van der Waals surface area contributed by atoms with E-state index >= 15 is 0 Å². The molecule has 4 heterocycles. The number of carbonyl (C=O) groups excluding carboxylic acids is 4. The Morgan fingerprint density at radius 1 is 0.977 bits per heavy atom. The number of imide groups is 1. The number of benzene rings is 3.